The number of rotatable bonds is 2. The number of hydrogen-bond donors (Lipinski definition) is 2. The van der Waals surface area contributed by atoms with Gasteiger partial charge in [0.2, 0.25) is 0 Å². The minimum absolute atomic E-state index is 0.479. The van der Waals surface area contributed by atoms with Crippen molar-refractivity contribution < 1.29 is 0 Å². The smallest absolute Gasteiger partial charge is 0.130 e. The van der Waals surface area contributed by atoms with Crippen LogP contribution in [0.4, 0.5) is 5.82 Å². The number of nitrogens with zero attached hydrogens (tertiary/aromatic N) is 2. The highest BCUT2D eigenvalue weighted by Crippen LogP contribution is 2.37. The normalized spacial score (nSPS) is 20.6. The summed E-state index contributed by atoms with van der Waals surface area (Å²) in [5.41, 5.74) is 4.71. The molecule has 1 atom stereocenters. The minimum Gasteiger partial charge on any atom is -0.369 e. The van der Waals surface area contributed by atoms with Gasteiger partial charge in [0.15, 0.2) is 0 Å². The highest BCUT2D eigenvalue weighted by molar-refractivity contribution is 5.63. The summed E-state index contributed by atoms with van der Waals surface area (Å²) in [6, 6.07) is 10.2. The van der Waals surface area contributed by atoms with Gasteiger partial charge in [-0.15, -0.1) is 0 Å². The molecule has 106 valence electrons. The van der Waals surface area contributed by atoms with Crippen LogP contribution in [0.3, 0.4) is 0 Å². The molecule has 0 amide bonds. The molecule has 0 fully saturated rings. The summed E-state index contributed by atoms with van der Waals surface area (Å²) in [7, 11) is 0. The number of aromatic nitrogens is 2. The summed E-state index contributed by atoms with van der Waals surface area (Å²) in [6.45, 7) is 3.03. The van der Waals surface area contributed by atoms with Crippen LogP contribution in [0, 0.1) is 0 Å². The Morgan fingerprint density at radius 3 is 2.90 bits per heavy atom. The molecule has 4 rings (SSSR count). The van der Waals surface area contributed by atoms with Gasteiger partial charge in [-0.05, 0) is 31.2 Å². The lowest BCUT2D eigenvalue weighted by Crippen LogP contribution is -2.23. The van der Waals surface area contributed by atoms with E-state index in [1.807, 2.05) is 18.2 Å². The fourth-order valence-electron chi connectivity index (χ4n) is 3.15. The SMILES string of the molecule is C1=C(C2CNc3nc(-c4ccccn4)ccc32)CCNC1. The van der Waals surface area contributed by atoms with Crippen LogP contribution in [0.5, 0.6) is 0 Å². The molecule has 0 bridgehead atoms. The van der Waals surface area contributed by atoms with Crippen LogP contribution < -0.4 is 10.6 Å². The van der Waals surface area contributed by atoms with Crippen LogP contribution >= 0.6 is 0 Å². The second-order valence-corrected chi connectivity index (χ2v) is 5.52. The molecule has 0 saturated heterocycles. The van der Waals surface area contributed by atoms with Crippen LogP contribution in [0.15, 0.2) is 48.2 Å². The van der Waals surface area contributed by atoms with Crippen molar-refractivity contribution in [2.24, 2.45) is 0 Å². The highest BCUT2D eigenvalue weighted by atomic mass is 15.0. The van der Waals surface area contributed by atoms with Gasteiger partial charge in [0, 0.05) is 30.8 Å². The predicted molar refractivity (Wildman–Crippen MR) is 84.3 cm³/mol. The van der Waals surface area contributed by atoms with E-state index in [0.29, 0.717) is 5.92 Å². The summed E-state index contributed by atoms with van der Waals surface area (Å²) in [5, 5.41) is 6.83. The summed E-state index contributed by atoms with van der Waals surface area (Å²) in [6.07, 6.45) is 5.27. The first-order valence-corrected chi connectivity index (χ1v) is 7.48. The Morgan fingerprint density at radius 2 is 2.10 bits per heavy atom. The Hall–Kier alpha value is -2.20. The van der Waals surface area contributed by atoms with Crippen molar-refractivity contribution >= 4 is 5.82 Å². The maximum absolute atomic E-state index is 4.75. The zero-order chi connectivity index (χ0) is 14.1. The third kappa shape index (κ3) is 2.32. The van der Waals surface area contributed by atoms with E-state index in [2.05, 4.69) is 33.8 Å². The third-order valence-electron chi connectivity index (χ3n) is 4.25. The molecule has 0 radical (unpaired) electrons. The first-order chi connectivity index (χ1) is 10.4. The zero-order valence-corrected chi connectivity index (χ0v) is 11.8. The molecular formula is C17H18N4. The Labute approximate surface area is 124 Å². The topological polar surface area (TPSA) is 49.8 Å². The number of hydrogen-bond acceptors (Lipinski definition) is 4. The van der Waals surface area contributed by atoms with Gasteiger partial charge in [-0.3, -0.25) is 4.98 Å². The quantitative estimate of drug-likeness (QED) is 0.829. The van der Waals surface area contributed by atoms with Crippen LogP contribution in [-0.4, -0.2) is 29.6 Å². The average Bonchev–Trinajstić information content (AvgIpc) is 2.99. The van der Waals surface area contributed by atoms with Crippen molar-refractivity contribution in [1.82, 2.24) is 15.3 Å². The Kier molecular flexibility index (Phi) is 3.16. The van der Waals surface area contributed by atoms with Crippen LogP contribution in [0.1, 0.15) is 17.9 Å². The van der Waals surface area contributed by atoms with Gasteiger partial charge in [-0.25, -0.2) is 4.98 Å². The van der Waals surface area contributed by atoms with Gasteiger partial charge < -0.3 is 10.6 Å². The van der Waals surface area contributed by atoms with Crippen LogP contribution in [0.2, 0.25) is 0 Å². The summed E-state index contributed by atoms with van der Waals surface area (Å²) in [4.78, 5) is 9.13. The Morgan fingerprint density at radius 1 is 1.10 bits per heavy atom. The second kappa shape index (κ2) is 5.30. The van der Waals surface area contributed by atoms with Crippen LogP contribution in [-0.2, 0) is 0 Å². The van der Waals surface area contributed by atoms with Crippen LogP contribution in [0.25, 0.3) is 11.4 Å². The van der Waals surface area contributed by atoms with E-state index >= 15 is 0 Å². The summed E-state index contributed by atoms with van der Waals surface area (Å²) < 4.78 is 0. The van der Waals surface area contributed by atoms with Gasteiger partial charge in [-0.1, -0.05) is 23.8 Å². The summed E-state index contributed by atoms with van der Waals surface area (Å²) in [5.74, 6) is 1.50. The molecule has 1 unspecified atom stereocenters. The summed E-state index contributed by atoms with van der Waals surface area (Å²) >= 11 is 0. The fraction of sp³-hybridized carbons (Fsp3) is 0.294. The molecule has 4 nitrogen and oxygen atoms in total. The number of pyridine rings is 2. The van der Waals surface area contributed by atoms with Crippen molar-refractivity contribution in [1.29, 1.82) is 0 Å². The number of fused-ring (bicyclic) bond motifs is 1. The maximum Gasteiger partial charge on any atom is 0.130 e. The first-order valence-electron chi connectivity index (χ1n) is 7.48. The molecule has 2 aromatic rings. The molecule has 0 aliphatic carbocycles. The molecule has 4 heterocycles. The van der Waals surface area contributed by atoms with Crippen molar-refractivity contribution in [3.05, 3.63) is 53.7 Å². The molecule has 0 saturated carbocycles. The van der Waals surface area contributed by atoms with Gasteiger partial charge >= 0.3 is 0 Å². The minimum atomic E-state index is 0.479. The monoisotopic (exact) mass is 278 g/mol. The second-order valence-electron chi connectivity index (χ2n) is 5.52. The molecular weight excluding hydrogens is 260 g/mol. The molecule has 2 aromatic heterocycles. The van der Waals surface area contributed by atoms with E-state index in [0.717, 1.165) is 43.3 Å². The first kappa shape index (κ1) is 12.5. The van der Waals surface area contributed by atoms with E-state index < -0.39 is 0 Å². The molecule has 2 N–H and O–H groups in total. The largest absolute Gasteiger partial charge is 0.369 e. The van der Waals surface area contributed by atoms with E-state index in [1.165, 1.54) is 11.1 Å². The van der Waals surface area contributed by atoms with E-state index in [1.54, 1.807) is 6.20 Å². The van der Waals surface area contributed by atoms with E-state index in [-0.39, 0.29) is 0 Å². The van der Waals surface area contributed by atoms with E-state index in [4.69, 9.17) is 4.98 Å². The molecule has 21 heavy (non-hydrogen) atoms. The molecule has 0 spiro atoms. The lowest BCUT2D eigenvalue weighted by atomic mass is 9.90. The van der Waals surface area contributed by atoms with Gasteiger partial charge in [0.25, 0.3) is 0 Å². The standard InChI is InChI=1S/C17H18N4/c1-2-8-19-15(3-1)16-5-4-13-14(11-20-17(13)21-16)12-6-9-18-10-7-12/h1-6,8,14,18H,7,9-11H2,(H,20,21). The van der Waals surface area contributed by atoms with Crippen molar-refractivity contribution in [2.75, 3.05) is 25.0 Å². The molecule has 0 aromatic carbocycles. The number of nitrogens with one attached hydrogen (secondary N) is 2. The Bertz CT molecular complexity index is 678. The van der Waals surface area contributed by atoms with Gasteiger partial charge in [0.1, 0.15) is 5.82 Å². The van der Waals surface area contributed by atoms with E-state index in [9.17, 15) is 0 Å². The molecule has 4 heteroatoms. The highest BCUT2D eigenvalue weighted by Gasteiger charge is 2.27. The van der Waals surface area contributed by atoms with Gasteiger partial charge in [0.05, 0.1) is 11.4 Å². The third-order valence-corrected chi connectivity index (χ3v) is 4.25. The average molecular weight is 278 g/mol. The lowest BCUT2D eigenvalue weighted by Gasteiger charge is -2.19. The lowest BCUT2D eigenvalue weighted by molar-refractivity contribution is 0.662. The van der Waals surface area contributed by atoms with Crippen molar-refractivity contribution in [2.45, 2.75) is 12.3 Å². The van der Waals surface area contributed by atoms with Crippen molar-refractivity contribution in [3.63, 3.8) is 0 Å². The Balaban J connectivity index is 1.67. The van der Waals surface area contributed by atoms with Crippen molar-refractivity contribution in [3.8, 4) is 11.4 Å². The van der Waals surface area contributed by atoms with Gasteiger partial charge in [-0.2, -0.15) is 0 Å². The fourth-order valence-corrected chi connectivity index (χ4v) is 3.15. The predicted octanol–water partition coefficient (Wildman–Crippen LogP) is 2.57. The maximum atomic E-state index is 4.75. The molecule has 2 aliphatic heterocycles. The number of anilines is 1. The zero-order valence-electron chi connectivity index (χ0n) is 11.8. The molecule has 2 aliphatic rings.